The molecule has 0 radical (unpaired) electrons. The summed E-state index contributed by atoms with van der Waals surface area (Å²) in [5, 5.41) is 9.87. The van der Waals surface area contributed by atoms with Gasteiger partial charge in [-0.05, 0) is 0 Å². The standard InChI is InChI=1S/C4H14N4O4P2S2/c5-13(6,10)4(9)2-15-3(1-16-4)12-14(7,8)11/h3,9H,1-2H2,(H4,5,6,10)(H4,7,8,11). The molecular weight excluding hydrogens is 294 g/mol. The lowest BCUT2D eigenvalue weighted by Gasteiger charge is -2.36. The molecule has 1 rings (SSSR count). The van der Waals surface area contributed by atoms with E-state index in [9.17, 15) is 14.2 Å². The molecule has 12 heteroatoms. The van der Waals surface area contributed by atoms with Gasteiger partial charge in [-0.3, -0.25) is 24.7 Å². The lowest BCUT2D eigenvalue weighted by atomic mass is 10.8. The van der Waals surface area contributed by atoms with Crippen molar-refractivity contribution in [3.8, 4) is 0 Å². The fourth-order valence-corrected chi connectivity index (χ4v) is 6.19. The number of hydrogen-bond donors (Lipinski definition) is 5. The SMILES string of the molecule is NP(N)(=O)OC1CSC(O)(P(N)(N)=O)CS1. The zero-order valence-corrected chi connectivity index (χ0v) is 11.6. The maximum atomic E-state index is 11.4. The number of rotatable bonds is 3. The van der Waals surface area contributed by atoms with Crippen LogP contribution in [0.2, 0.25) is 0 Å². The van der Waals surface area contributed by atoms with E-state index >= 15 is 0 Å². The highest BCUT2D eigenvalue weighted by Gasteiger charge is 2.46. The molecule has 1 heterocycles. The Kier molecular flexibility index (Phi) is 4.58. The maximum Gasteiger partial charge on any atom is 0.336 e. The Bertz CT molecular complexity index is 348. The zero-order chi connectivity index (χ0) is 12.6. The van der Waals surface area contributed by atoms with Crippen LogP contribution in [0.3, 0.4) is 0 Å². The van der Waals surface area contributed by atoms with Crippen molar-refractivity contribution in [2.24, 2.45) is 22.0 Å². The third-order valence-electron chi connectivity index (χ3n) is 1.74. The van der Waals surface area contributed by atoms with Crippen LogP contribution in [0.15, 0.2) is 0 Å². The van der Waals surface area contributed by atoms with Crippen LogP contribution in [-0.4, -0.2) is 26.7 Å². The molecular formula is C4H14N4O4P2S2. The van der Waals surface area contributed by atoms with E-state index in [1.165, 1.54) is 0 Å². The minimum Gasteiger partial charge on any atom is -0.370 e. The smallest absolute Gasteiger partial charge is 0.336 e. The fourth-order valence-electron chi connectivity index (χ4n) is 0.939. The molecule has 0 aromatic rings. The minimum atomic E-state index is -3.62. The first-order valence-electron chi connectivity index (χ1n) is 4.04. The molecule has 0 saturated carbocycles. The largest absolute Gasteiger partial charge is 0.370 e. The monoisotopic (exact) mass is 308 g/mol. The van der Waals surface area contributed by atoms with Crippen LogP contribution in [0, 0.1) is 0 Å². The molecule has 16 heavy (non-hydrogen) atoms. The lowest BCUT2D eigenvalue weighted by molar-refractivity contribution is 0.231. The third kappa shape index (κ3) is 3.99. The highest BCUT2D eigenvalue weighted by Crippen LogP contribution is 2.55. The summed E-state index contributed by atoms with van der Waals surface area (Å²) in [7, 11) is -7.18. The Hall–Kier alpha value is 0.920. The Balaban J connectivity index is 2.58. The average Bonchev–Trinajstić information content (AvgIpc) is 2.05. The van der Waals surface area contributed by atoms with Gasteiger partial charge in [0.1, 0.15) is 5.44 Å². The Labute approximate surface area is 101 Å². The van der Waals surface area contributed by atoms with Crippen molar-refractivity contribution < 1.29 is 18.8 Å². The van der Waals surface area contributed by atoms with Crippen molar-refractivity contribution in [1.82, 2.24) is 0 Å². The van der Waals surface area contributed by atoms with Gasteiger partial charge in [0.2, 0.25) is 7.44 Å². The van der Waals surface area contributed by atoms with Crippen molar-refractivity contribution in [3.63, 3.8) is 0 Å². The van der Waals surface area contributed by atoms with Crippen molar-refractivity contribution in [3.05, 3.63) is 0 Å². The molecule has 0 aromatic carbocycles. The van der Waals surface area contributed by atoms with E-state index in [2.05, 4.69) is 0 Å². The van der Waals surface area contributed by atoms with Gasteiger partial charge in [-0.25, -0.2) is 11.0 Å². The van der Waals surface area contributed by atoms with E-state index in [-0.39, 0.29) is 11.5 Å². The van der Waals surface area contributed by atoms with Gasteiger partial charge < -0.3 is 5.11 Å². The number of aliphatic hydroxyl groups is 1. The molecule has 0 aromatic heterocycles. The van der Waals surface area contributed by atoms with Gasteiger partial charge in [-0.1, -0.05) is 0 Å². The second-order valence-electron chi connectivity index (χ2n) is 3.25. The highest BCUT2D eigenvalue weighted by atomic mass is 32.2. The zero-order valence-electron chi connectivity index (χ0n) is 8.18. The van der Waals surface area contributed by atoms with Crippen molar-refractivity contribution in [2.75, 3.05) is 11.5 Å². The summed E-state index contributed by atoms with van der Waals surface area (Å²) < 4.78 is 25.6. The maximum absolute atomic E-state index is 11.4. The average molecular weight is 308 g/mol. The molecule has 0 spiro atoms. The van der Waals surface area contributed by atoms with Crippen molar-refractivity contribution in [1.29, 1.82) is 0 Å². The first-order valence-corrected chi connectivity index (χ1v) is 9.69. The molecule has 0 amide bonds. The summed E-state index contributed by atoms with van der Waals surface area (Å²) in [5.41, 5.74) is 20.0. The predicted molar refractivity (Wildman–Crippen MR) is 66.7 cm³/mol. The minimum absolute atomic E-state index is 0.00733. The summed E-state index contributed by atoms with van der Waals surface area (Å²) in [6.07, 6.45) is 0. The Morgan fingerprint density at radius 2 is 1.88 bits per heavy atom. The van der Waals surface area contributed by atoms with Gasteiger partial charge in [0.05, 0.1) is 0 Å². The summed E-state index contributed by atoms with van der Waals surface area (Å²) in [5.74, 6) is 0.185. The Morgan fingerprint density at radius 1 is 1.31 bits per heavy atom. The summed E-state index contributed by atoms with van der Waals surface area (Å²) in [6, 6.07) is 0. The van der Waals surface area contributed by atoms with Gasteiger partial charge in [-0.2, -0.15) is 0 Å². The van der Waals surface area contributed by atoms with Gasteiger partial charge in [0.25, 0.3) is 0 Å². The van der Waals surface area contributed by atoms with E-state index in [1.807, 2.05) is 0 Å². The van der Waals surface area contributed by atoms with E-state index in [0.717, 1.165) is 23.5 Å². The fraction of sp³-hybridized carbons (Fsp3) is 1.00. The third-order valence-corrected chi connectivity index (χ3v) is 7.86. The van der Waals surface area contributed by atoms with Crippen LogP contribution in [0.1, 0.15) is 0 Å². The molecule has 8 nitrogen and oxygen atoms in total. The van der Waals surface area contributed by atoms with E-state index in [1.54, 1.807) is 0 Å². The van der Waals surface area contributed by atoms with Crippen LogP contribution in [0.5, 0.6) is 0 Å². The molecule has 0 bridgehead atoms. The summed E-state index contributed by atoms with van der Waals surface area (Å²) in [6.45, 7) is 0. The summed E-state index contributed by atoms with van der Waals surface area (Å²) in [4.78, 5) is 0. The van der Waals surface area contributed by atoms with Gasteiger partial charge in [0, 0.05) is 11.5 Å². The molecule has 9 N–H and O–H groups in total. The van der Waals surface area contributed by atoms with Crippen molar-refractivity contribution in [2.45, 2.75) is 10.1 Å². The molecule has 2 unspecified atom stereocenters. The molecule has 96 valence electrons. The second kappa shape index (κ2) is 4.89. The molecule has 1 aliphatic heterocycles. The van der Waals surface area contributed by atoms with E-state index in [0.29, 0.717) is 0 Å². The van der Waals surface area contributed by atoms with E-state index in [4.69, 9.17) is 26.5 Å². The van der Waals surface area contributed by atoms with Crippen LogP contribution < -0.4 is 22.0 Å². The van der Waals surface area contributed by atoms with Crippen LogP contribution in [-0.2, 0) is 13.7 Å². The number of nitrogens with two attached hydrogens (primary N) is 4. The summed E-state index contributed by atoms with van der Waals surface area (Å²) >= 11 is 1.95. The molecule has 1 aliphatic rings. The highest BCUT2D eigenvalue weighted by molar-refractivity contribution is 8.11. The first kappa shape index (κ1) is 15.0. The first-order chi connectivity index (χ1) is 7.04. The van der Waals surface area contributed by atoms with Gasteiger partial charge in [-0.15, -0.1) is 23.5 Å². The Morgan fingerprint density at radius 3 is 2.19 bits per heavy atom. The lowest BCUT2D eigenvalue weighted by Crippen LogP contribution is -2.40. The quantitative estimate of drug-likeness (QED) is 0.432. The normalized spacial score (nSPS) is 32.7. The number of thioether (sulfide) groups is 2. The van der Waals surface area contributed by atoms with Gasteiger partial charge >= 0.3 is 7.67 Å². The van der Waals surface area contributed by atoms with Crippen LogP contribution >= 0.6 is 38.6 Å². The van der Waals surface area contributed by atoms with Crippen LogP contribution in [0.25, 0.3) is 0 Å². The molecule has 2 atom stereocenters. The second-order valence-corrected chi connectivity index (χ2v) is 9.66. The molecule has 1 fully saturated rings. The van der Waals surface area contributed by atoms with Crippen molar-refractivity contribution >= 4 is 38.6 Å². The number of hydrogen-bond acceptors (Lipinski definition) is 6. The molecule has 0 aliphatic carbocycles. The topological polar surface area (TPSA) is 168 Å². The van der Waals surface area contributed by atoms with Crippen LogP contribution in [0.4, 0.5) is 0 Å². The molecule has 1 saturated heterocycles. The van der Waals surface area contributed by atoms with Gasteiger partial charge in [0.15, 0.2) is 4.67 Å². The predicted octanol–water partition coefficient (Wildman–Crippen LogP) is -0.409. The van der Waals surface area contributed by atoms with E-state index < -0.39 is 25.2 Å².